The van der Waals surface area contributed by atoms with E-state index in [1.807, 2.05) is 13.8 Å². The molecule has 0 saturated carbocycles. The first-order chi connectivity index (χ1) is 6.72. The van der Waals surface area contributed by atoms with Crippen molar-refractivity contribution in [2.45, 2.75) is 45.6 Å². The first-order valence-corrected chi connectivity index (χ1v) is 5.36. The molecule has 0 aliphatic carbocycles. The van der Waals surface area contributed by atoms with Gasteiger partial charge in [0.05, 0.1) is 0 Å². The van der Waals surface area contributed by atoms with Gasteiger partial charge in [-0.2, -0.15) is 0 Å². The molecule has 1 rings (SSSR count). The zero-order valence-corrected chi connectivity index (χ0v) is 8.99. The Labute approximate surface area is 85.1 Å². The molecule has 0 amide bonds. The zero-order valence-electron chi connectivity index (χ0n) is 8.99. The predicted octanol–water partition coefficient (Wildman–Crippen LogP) is 2.34. The Bertz CT molecular complexity index is 178. The first-order valence-electron chi connectivity index (χ1n) is 5.36. The second-order valence-corrected chi connectivity index (χ2v) is 3.67. The lowest BCUT2D eigenvalue weighted by Crippen LogP contribution is -2.33. The molecule has 1 aliphatic heterocycles. The zero-order chi connectivity index (χ0) is 10.4. The van der Waals surface area contributed by atoms with Crippen LogP contribution < -0.4 is 0 Å². The molecule has 0 radical (unpaired) electrons. The van der Waals surface area contributed by atoms with Crippen LogP contribution in [0, 0.1) is 0 Å². The summed E-state index contributed by atoms with van der Waals surface area (Å²) in [6, 6.07) is 0. The van der Waals surface area contributed by atoms with Gasteiger partial charge in [-0.15, -0.1) is 5.06 Å². The molecule has 1 fully saturated rings. The van der Waals surface area contributed by atoms with Crippen LogP contribution in [0.25, 0.3) is 0 Å². The number of carbonyl (C=O) groups is 1. The molecule has 1 atom stereocenters. The van der Waals surface area contributed by atoms with Crippen LogP contribution >= 0.6 is 0 Å². The molecule has 0 spiro atoms. The molecule has 1 heterocycles. The molecular weight excluding hydrogens is 182 g/mol. The largest absolute Gasteiger partial charge is 0.528 e. The highest BCUT2D eigenvalue weighted by molar-refractivity contribution is 5.59. The van der Waals surface area contributed by atoms with Crippen molar-refractivity contribution in [3.63, 3.8) is 0 Å². The van der Waals surface area contributed by atoms with Gasteiger partial charge in [0.15, 0.2) is 0 Å². The van der Waals surface area contributed by atoms with E-state index in [1.54, 1.807) is 5.06 Å². The molecule has 4 heteroatoms. The van der Waals surface area contributed by atoms with Gasteiger partial charge in [-0.05, 0) is 26.2 Å². The van der Waals surface area contributed by atoms with Gasteiger partial charge in [-0.1, -0.05) is 13.3 Å². The van der Waals surface area contributed by atoms with Crippen LogP contribution in [0.1, 0.15) is 39.5 Å². The number of carbonyl (C=O) groups excluding carboxylic acids is 1. The van der Waals surface area contributed by atoms with Crippen molar-refractivity contribution >= 4 is 6.16 Å². The second-order valence-electron chi connectivity index (χ2n) is 3.67. The fourth-order valence-corrected chi connectivity index (χ4v) is 1.33. The molecular formula is C10H19NO3. The lowest BCUT2D eigenvalue weighted by atomic mass is 10.2. The number of piperidine rings is 1. The summed E-state index contributed by atoms with van der Waals surface area (Å²) in [5, 5.41) is 1.69. The highest BCUT2D eigenvalue weighted by atomic mass is 16.8. The number of hydrogen-bond acceptors (Lipinski definition) is 4. The van der Waals surface area contributed by atoms with Gasteiger partial charge >= 0.3 is 6.16 Å². The molecule has 14 heavy (non-hydrogen) atoms. The quantitative estimate of drug-likeness (QED) is 0.657. The van der Waals surface area contributed by atoms with E-state index in [1.165, 1.54) is 6.42 Å². The minimum atomic E-state index is -0.568. The number of hydroxylamine groups is 2. The summed E-state index contributed by atoms with van der Waals surface area (Å²) in [6.07, 6.45) is 3.59. The van der Waals surface area contributed by atoms with E-state index in [-0.39, 0.29) is 6.10 Å². The summed E-state index contributed by atoms with van der Waals surface area (Å²) in [4.78, 5) is 16.2. The van der Waals surface area contributed by atoms with Crippen molar-refractivity contribution in [3.8, 4) is 0 Å². The first kappa shape index (κ1) is 11.3. The standard InChI is InChI=1S/C10H19NO3/c1-3-9(2)13-10(12)14-11-7-5-4-6-8-11/h9H,3-8H2,1-2H3. The maximum absolute atomic E-state index is 11.2. The smallest absolute Gasteiger partial charge is 0.430 e. The van der Waals surface area contributed by atoms with E-state index in [0.717, 1.165) is 32.4 Å². The van der Waals surface area contributed by atoms with Gasteiger partial charge < -0.3 is 9.57 Å². The third kappa shape index (κ3) is 3.96. The molecule has 0 aromatic carbocycles. The average Bonchev–Trinajstić information content (AvgIpc) is 2.19. The van der Waals surface area contributed by atoms with E-state index < -0.39 is 6.16 Å². The van der Waals surface area contributed by atoms with Crippen LogP contribution in [0.4, 0.5) is 4.79 Å². The Morgan fingerprint density at radius 3 is 2.57 bits per heavy atom. The topological polar surface area (TPSA) is 38.8 Å². The van der Waals surface area contributed by atoms with Crippen molar-refractivity contribution in [1.29, 1.82) is 0 Å². The van der Waals surface area contributed by atoms with E-state index in [9.17, 15) is 4.79 Å². The van der Waals surface area contributed by atoms with Gasteiger partial charge in [0.1, 0.15) is 6.10 Å². The molecule has 1 unspecified atom stereocenters. The lowest BCUT2D eigenvalue weighted by Gasteiger charge is -2.24. The number of rotatable bonds is 3. The van der Waals surface area contributed by atoms with Gasteiger partial charge in [0, 0.05) is 13.1 Å². The van der Waals surface area contributed by atoms with Crippen molar-refractivity contribution in [1.82, 2.24) is 5.06 Å². The molecule has 82 valence electrons. The molecule has 0 bridgehead atoms. The molecule has 1 aliphatic rings. The van der Waals surface area contributed by atoms with Crippen LogP contribution in [0.15, 0.2) is 0 Å². The highest BCUT2D eigenvalue weighted by Crippen LogP contribution is 2.10. The van der Waals surface area contributed by atoms with Crippen molar-refractivity contribution < 1.29 is 14.4 Å². The summed E-state index contributed by atoms with van der Waals surface area (Å²) in [6.45, 7) is 5.49. The predicted molar refractivity (Wildman–Crippen MR) is 52.7 cm³/mol. The van der Waals surface area contributed by atoms with E-state index >= 15 is 0 Å². The molecule has 0 aromatic rings. The summed E-state index contributed by atoms with van der Waals surface area (Å²) in [7, 11) is 0. The summed E-state index contributed by atoms with van der Waals surface area (Å²) >= 11 is 0. The van der Waals surface area contributed by atoms with Gasteiger partial charge in [-0.3, -0.25) is 0 Å². The Morgan fingerprint density at radius 2 is 2.00 bits per heavy atom. The van der Waals surface area contributed by atoms with Gasteiger partial charge in [0.2, 0.25) is 0 Å². The number of hydrogen-bond donors (Lipinski definition) is 0. The maximum Gasteiger partial charge on any atom is 0.528 e. The fourth-order valence-electron chi connectivity index (χ4n) is 1.33. The van der Waals surface area contributed by atoms with Crippen LogP contribution in [-0.2, 0) is 9.57 Å². The minimum absolute atomic E-state index is 0.0627. The second kappa shape index (κ2) is 5.86. The van der Waals surface area contributed by atoms with E-state index in [0.29, 0.717) is 0 Å². The SMILES string of the molecule is CCC(C)OC(=O)ON1CCCCC1. The van der Waals surface area contributed by atoms with Crippen LogP contribution in [0.5, 0.6) is 0 Å². The Morgan fingerprint density at radius 1 is 1.36 bits per heavy atom. The van der Waals surface area contributed by atoms with E-state index in [4.69, 9.17) is 9.57 Å². The third-order valence-electron chi connectivity index (χ3n) is 2.39. The molecule has 4 nitrogen and oxygen atoms in total. The minimum Gasteiger partial charge on any atom is -0.430 e. The highest BCUT2D eigenvalue weighted by Gasteiger charge is 2.17. The summed E-state index contributed by atoms with van der Waals surface area (Å²) in [5.74, 6) is 0. The van der Waals surface area contributed by atoms with Crippen molar-refractivity contribution in [3.05, 3.63) is 0 Å². The molecule has 1 saturated heterocycles. The van der Waals surface area contributed by atoms with Crippen LogP contribution in [0.2, 0.25) is 0 Å². The van der Waals surface area contributed by atoms with Crippen LogP contribution in [0.3, 0.4) is 0 Å². The summed E-state index contributed by atoms with van der Waals surface area (Å²) < 4.78 is 5.00. The number of nitrogens with zero attached hydrogens (tertiary/aromatic N) is 1. The fraction of sp³-hybridized carbons (Fsp3) is 0.900. The lowest BCUT2D eigenvalue weighted by molar-refractivity contribution is -0.142. The third-order valence-corrected chi connectivity index (χ3v) is 2.39. The van der Waals surface area contributed by atoms with Gasteiger partial charge in [0.25, 0.3) is 0 Å². The van der Waals surface area contributed by atoms with Crippen molar-refractivity contribution in [2.24, 2.45) is 0 Å². The Balaban J connectivity index is 2.18. The average molecular weight is 201 g/mol. The Hall–Kier alpha value is -0.770. The van der Waals surface area contributed by atoms with Crippen LogP contribution in [-0.4, -0.2) is 30.4 Å². The Kier molecular flexibility index (Phi) is 4.73. The van der Waals surface area contributed by atoms with Gasteiger partial charge in [-0.25, -0.2) is 4.79 Å². The van der Waals surface area contributed by atoms with Crippen molar-refractivity contribution in [2.75, 3.05) is 13.1 Å². The monoisotopic (exact) mass is 201 g/mol. The van der Waals surface area contributed by atoms with E-state index in [2.05, 4.69) is 0 Å². The molecule has 0 aromatic heterocycles. The maximum atomic E-state index is 11.2. The normalized spacial score (nSPS) is 20.1. The molecule has 0 N–H and O–H groups in total. The number of ether oxygens (including phenoxy) is 1. The summed E-state index contributed by atoms with van der Waals surface area (Å²) in [5.41, 5.74) is 0.